The van der Waals surface area contributed by atoms with Crippen LogP contribution in [-0.2, 0) is 6.42 Å². The zero-order valence-corrected chi connectivity index (χ0v) is 13.0. The van der Waals surface area contributed by atoms with Gasteiger partial charge < -0.3 is 30.3 Å². The molecule has 8 heteroatoms. The number of hydrogen-bond acceptors (Lipinski definition) is 6. The van der Waals surface area contributed by atoms with Gasteiger partial charge in [-0.05, 0) is 12.1 Å². The first kappa shape index (κ1) is 15.9. The van der Waals surface area contributed by atoms with Crippen molar-refractivity contribution < 1.29 is 30.3 Å². The lowest BCUT2D eigenvalue weighted by atomic mass is 9.93. The monoisotopic (exact) mass is 358 g/mol. The van der Waals surface area contributed by atoms with Crippen molar-refractivity contribution in [2.75, 3.05) is 0 Å². The number of hydrogen-bond donors (Lipinski definition) is 5. The predicted molar refractivity (Wildman–Crippen MR) is 82.6 cm³/mol. The molecule has 6 nitrogen and oxygen atoms in total. The molecule has 0 spiro atoms. The van der Waals surface area contributed by atoms with E-state index < -0.39 is 23.7 Å². The van der Waals surface area contributed by atoms with Crippen LogP contribution >= 0.6 is 23.2 Å². The van der Waals surface area contributed by atoms with E-state index in [0.717, 1.165) is 6.07 Å². The third kappa shape index (κ3) is 2.49. The summed E-state index contributed by atoms with van der Waals surface area (Å²) in [6.45, 7) is 0. The fourth-order valence-electron chi connectivity index (χ4n) is 2.57. The Morgan fingerprint density at radius 2 is 1.70 bits per heavy atom. The summed E-state index contributed by atoms with van der Waals surface area (Å²) < 4.78 is 5.60. The molecule has 122 valence electrons. The molecule has 0 saturated carbocycles. The van der Waals surface area contributed by atoms with Gasteiger partial charge in [-0.15, -0.1) is 0 Å². The molecule has 0 amide bonds. The number of fused-ring (bicyclic) bond motifs is 1. The summed E-state index contributed by atoms with van der Waals surface area (Å²) in [5.74, 6) is -1.38. The van der Waals surface area contributed by atoms with Gasteiger partial charge >= 0.3 is 0 Å². The van der Waals surface area contributed by atoms with Crippen LogP contribution < -0.4 is 4.74 Å². The molecule has 1 unspecified atom stereocenters. The van der Waals surface area contributed by atoms with Gasteiger partial charge in [-0.2, -0.15) is 0 Å². The summed E-state index contributed by atoms with van der Waals surface area (Å²) in [7, 11) is 0. The van der Waals surface area contributed by atoms with Crippen molar-refractivity contribution in [2.45, 2.75) is 18.6 Å². The maximum absolute atomic E-state index is 10.3. The smallest absolute Gasteiger partial charge is 0.160 e. The molecule has 3 rings (SSSR count). The van der Waals surface area contributed by atoms with Crippen LogP contribution in [-0.4, -0.2) is 31.6 Å². The van der Waals surface area contributed by atoms with Crippen molar-refractivity contribution in [3.05, 3.63) is 39.4 Å². The minimum Gasteiger partial charge on any atom is -0.508 e. The molecule has 0 saturated heterocycles. The van der Waals surface area contributed by atoms with Crippen molar-refractivity contribution in [2.24, 2.45) is 0 Å². The minimum atomic E-state index is -1.11. The lowest BCUT2D eigenvalue weighted by Crippen LogP contribution is -2.30. The first-order valence-electron chi connectivity index (χ1n) is 6.59. The highest BCUT2D eigenvalue weighted by Gasteiger charge is 2.36. The zero-order chi connectivity index (χ0) is 16.9. The first-order chi connectivity index (χ1) is 10.8. The topological polar surface area (TPSA) is 110 Å². The molecular weight excluding hydrogens is 347 g/mol. The van der Waals surface area contributed by atoms with E-state index in [0.29, 0.717) is 0 Å². The number of aromatic hydroxyl groups is 4. The van der Waals surface area contributed by atoms with Crippen LogP contribution in [0.5, 0.6) is 28.7 Å². The maximum atomic E-state index is 10.3. The van der Waals surface area contributed by atoms with Gasteiger partial charge in [0.1, 0.15) is 33.0 Å². The van der Waals surface area contributed by atoms with E-state index in [4.69, 9.17) is 27.9 Å². The van der Waals surface area contributed by atoms with Crippen LogP contribution in [0.1, 0.15) is 17.2 Å². The van der Waals surface area contributed by atoms with Gasteiger partial charge in [0, 0.05) is 23.6 Å². The molecule has 2 atom stereocenters. The van der Waals surface area contributed by atoms with Crippen LogP contribution in [0.2, 0.25) is 10.0 Å². The summed E-state index contributed by atoms with van der Waals surface area (Å²) in [4.78, 5) is 0. The molecular formula is C15H12Cl2O6. The SMILES string of the molecule is Oc1ccc(C2Oc3c(Cl)c(O)c(Cl)c(O)c3C[C@@H]2O)c(O)c1. The molecule has 0 radical (unpaired) electrons. The van der Waals surface area contributed by atoms with E-state index in [-0.39, 0.29) is 44.8 Å². The minimum absolute atomic E-state index is 0.0196. The second-order valence-electron chi connectivity index (χ2n) is 5.19. The molecule has 0 fully saturated rings. The molecule has 23 heavy (non-hydrogen) atoms. The number of phenolic OH excluding ortho intramolecular Hbond substituents is 4. The van der Waals surface area contributed by atoms with Crippen LogP contribution in [0.15, 0.2) is 18.2 Å². The normalized spacial score (nSPS) is 20.0. The highest BCUT2D eigenvalue weighted by Crippen LogP contribution is 2.52. The largest absolute Gasteiger partial charge is 0.508 e. The second-order valence-corrected chi connectivity index (χ2v) is 5.94. The fourth-order valence-corrected chi connectivity index (χ4v) is 3.08. The second kappa shape index (κ2) is 5.56. The van der Waals surface area contributed by atoms with Crippen LogP contribution in [0, 0.1) is 0 Å². The van der Waals surface area contributed by atoms with Crippen LogP contribution in [0.4, 0.5) is 0 Å². The molecule has 0 bridgehead atoms. The lowest BCUT2D eigenvalue weighted by Gasteiger charge is -2.32. The Morgan fingerprint density at radius 3 is 2.35 bits per heavy atom. The number of ether oxygens (including phenoxy) is 1. The van der Waals surface area contributed by atoms with E-state index in [9.17, 15) is 25.5 Å². The van der Waals surface area contributed by atoms with Crippen molar-refractivity contribution in [1.29, 1.82) is 0 Å². The summed E-state index contributed by atoms with van der Waals surface area (Å²) >= 11 is 11.8. The number of rotatable bonds is 1. The van der Waals surface area contributed by atoms with Gasteiger partial charge in [-0.1, -0.05) is 23.2 Å². The van der Waals surface area contributed by atoms with Crippen molar-refractivity contribution >= 4 is 23.2 Å². The Kier molecular flexibility index (Phi) is 3.83. The molecule has 0 aliphatic carbocycles. The molecule has 2 aromatic carbocycles. The summed E-state index contributed by atoms with van der Waals surface area (Å²) in [5.41, 5.74) is 0.394. The number of aliphatic hydroxyl groups is 1. The zero-order valence-electron chi connectivity index (χ0n) is 11.5. The Bertz CT molecular complexity index is 792. The molecule has 5 N–H and O–H groups in total. The van der Waals surface area contributed by atoms with Gasteiger partial charge in [-0.25, -0.2) is 0 Å². The van der Waals surface area contributed by atoms with E-state index in [1.165, 1.54) is 12.1 Å². The molecule has 1 heterocycles. The Balaban J connectivity index is 2.10. The van der Waals surface area contributed by atoms with E-state index in [1.54, 1.807) is 0 Å². The fraction of sp³-hybridized carbons (Fsp3) is 0.200. The molecule has 0 aromatic heterocycles. The standard InChI is InChI=1S/C15H12Cl2O6/c16-10-12(21)7-4-9(20)14(23-15(7)11(17)13(10)22)6-2-1-5(18)3-8(6)19/h1-3,9,14,18-22H,4H2/t9-,14?/m0/s1. The van der Waals surface area contributed by atoms with E-state index in [2.05, 4.69) is 0 Å². The lowest BCUT2D eigenvalue weighted by molar-refractivity contribution is 0.0186. The highest BCUT2D eigenvalue weighted by molar-refractivity contribution is 6.39. The van der Waals surface area contributed by atoms with E-state index in [1.807, 2.05) is 0 Å². The number of aliphatic hydroxyl groups excluding tert-OH is 1. The van der Waals surface area contributed by atoms with Gasteiger partial charge in [0.05, 0.1) is 6.10 Å². The number of halogens is 2. The van der Waals surface area contributed by atoms with E-state index >= 15 is 0 Å². The Morgan fingerprint density at radius 1 is 1.00 bits per heavy atom. The third-order valence-electron chi connectivity index (χ3n) is 3.71. The number of benzene rings is 2. The van der Waals surface area contributed by atoms with Gasteiger partial charge in [-0.3, -0.25) is 0 Å². The van der Waals surface area contributed by atoms with Crippen LogP contribution in [0.25, 0.3) is 0 Å². The van der Waals surface area contributed by atoms with Gasteiger partial charge in [0.25, 0.3) is 0 Å². The van der Waals surface area contributed by atoms with Gasteiger partial charge in [0.15, 0.2) is 11.9 Å². The maximum Gasteiger partial charge on any atom is 0.160 e. The summed E-state index contributed by atoms with van der Waals surface area (Å²) in [6, 6.07) is 3.84. The quantitative estimate of drug-likeness (QED) is 0.536. The average molecular weight is 359 g/mol. The predicted octanol–water partition coefficient (Wildman–Crippen LogP) is 2.85. The first-order valence-corrected chi connectivity index (χ1v) is 7.35. The van der Waals surface area contributed by atoms with Crippen molar-refractivity contribution in [3.63, 3.8) is 0 Å². The summed E-state index contributed by atoms with van der Waals surface area (Å²) in [5, 5.41) is 48.8. The number of phenols is 4. The Labute approximate surface area is 140 Å². The van der Waals surface area contributed by atoms with Crippen LogP contribution in [0.3, 0.4) is 0 Å². The highest BCUT2D eigenvalue weighted by atomic mass is 35.5. The van der Waals surface area contributed by atoms with Crippen molar-refractivity contribution in [3.8, 4) is 28.7 Å². The average Bonchev–Trinajstić information content (AvgIpc) is 2.51. The third-order valence-corrected chi connectivity index (χ3v) is 4.42. The Hall–Kier alpha value is -2.02. The van der Waals surface area contributed by atoms with Crippen molar-refractivity contribution in [1.82, 2.24) is 0 Å². The molecule has 2 aromatic rings. The summed E-state index contributed by atoms with van der Waals surface area (Å²) in [6.07, 6.45) is -2.16. The molecule has 1 aliphatic rings. The van der Waals surface area contributed by atoms with Gasteiger partial charge in [0.2, 0.25) is 0 Å². The molecule has 1 aliphatic heterocycles.